The molecule has 24 heavy (non-hydrogen) atoms. The van der Waals surface area contributed by atoms with Crippen molar-refractivity contribution in [2.24, 2.45) is 5.92 Å². The molecular formula is C18H39N3O3. The number of hydrogen-bond donors (Lipinski definition) is 3. The van der Waals surface area contributed by atoms with E-state index in [0.29, 0.717) is 37.8 Å². The Morgan fingerprint density at radius 3 is 2.08 bits per heavy atom. The number of amides is 2. The third-order valence-corrected chi connectivity index (χ3v) is 2.77. The summed E-state index contributed by atoms with van der Waals surface area (Å²) in [5, 5.41) is 8.58. The second-order valence-corrected chi connectivity index (χ2v) is 5.72. The predicted molar refractivity (Wildman–Crippen MR) is 101 cm³/mol. The van der Waals surface area contributed by atoms with Gasteiger partial charge in [-0.3, -0.25) is 14.4 Å². The van der Waals surface area contributed by atoms with Gasteiger partial charge in [-0.15, -0.1) is 0 Å². The molecule has 0 saturated heterocycles. The Hall–Kier alpha value is -1.43. The van der Waals surface area contributed by atoms with Crippen LogP contribution in [-0.2, 0) is 14.4 Å². The summed E-state index contributed by atoms with van der Waals surface area (Å²) in [7, 11) is 0. The van der Waals surface area contributed by atoms with Gasteiger partial charge in [0.1, 0.15) is 5.78 Å². The highest BCUT2D eigenvalue weighted by atomic mass is 16.1. The fourth-order valence-electron chi connectivity index (χ4n) is 1.51. The highest BCUT2D eigenvalue weighted by molar-refractivity contribution is 5.76. The number of ketones is 1. The molecule has 144 valence electrons. The van der Waals surface area contributed by atoms with Crippen LogP contribution in [0, 0.1) is 5.92 Å². The lowest BCUT2D eigenvalue weighted by Crippen LogP contribution is -2.30. The summed E-state index contributed by atoms with van der Waals surface area (Å²) < 4.78 is 0. The molecule has 0 aromatic rings. The third kappa shape index (κ3) is 28.7. The van der Waals surface area contributed by atoms with Crippen LogP contribution in [-0.4, -0.2) is 43.8 Å². The van der Waals surface area contributed by atoms with Gasteiger partial charge in [-0.25, -0.2) is 0 Å². The van der Waals surface area contributed by atoms with Crippen LogP contribution in [0.5, 0.6) is 0 Å². The lowest BCUT2D eigenvalue weighted by Gasteiger charge is -2.12. The Morgan fingerprint density at radius 1 is 1.08 bits per heavy atom. The van der Waals surface area contributed by atoms with Crippen molar-refractivity contribution >= 4 is 18.1 Å². The molecule has 0 aliphatic carbocycles. The average molecular weight is 346 g/mol. The molecule has 0 fully saturated rings. The zero-order chi connectivity index (χ0) is 19.4. The van der Waals surface area contributed by atoms with E-state index in [2.05, 4.69) is 43.6 Å². The molecule has 0 bridgehead atoms. The Morgan fingerprint density at radius 2 is 1.67 bits per heavy atom. The highest BCUT2D eigenvalue weighted by Gasteiger charge is 2.05. The number of carbonyl (C=O) groups is 3. The molecule has 0 aliphatic rings. The second-order valence-electron chi connectivity index (χ2n) is 5.72. The minimum Gasteiger partial charge on any atom is -0.358 e. The first kappa shape index (κ1) is 27.4. The normalized spacial score (nSPS) is 10.5. The third-order valence-electron chi connectivity index (χ3n) is 2.77. The average Bonchev–Trinajstić information content (AvgIpc) is 2.54. The SMILES string of the molecule is CC.CC(=O)CCNC=O.CCNC(C)CCC(=O)NCC(C)C. The van der Waals surface area contributed by atoms with Gasteiger partial charge in [0.05, 0.1) is 0 Å². The maximum absolute atomic E-state index is 11.3. The van der Waals surface area contributed by atoms with Gasteiger partial charge >= 0.3 is 0 Å². The lowest BCUT2D eigenvalue weighted by molar-refractivity contribution is -0.121. The van der Waals surface area contributed by atoms with Gasteiger partial charge in [0.15, 0.2) is 0 Å². The van der Waals surface area contributed by atoms with Gasteiger partial charge in [-0.1, -0.05) is 34.6 Å². The summed E-state index contributed by atoms with van der Waals surface area (Å²) in [5.41, 5.74) is 0. The molecule has 0 spiro atoms. The van der Waals surface area contributed by atoms with Crippen molar-refractivity contribution in [3.8, 4) is 0 Å². The van der Waals surface area contributed by atoms with E-state index < -0.39 is 0 Å². The molecular weight excluding hydrogens is 306 g/mol. The Balaban J connectivity index is -0.000000374. The zero-order valence-corrected chi connectivity index (χ0v) is 16.7. The molecule has 3 N–H and O–H groups in total. The fourth-order valence-corrected chi connectivity index (χ4v) is 1.51. The smallest absolute Gasteiger partial charge is 0.220 e. The summed E-state index contributed by atoms with van der Waals surface area (Å²) in [5.74, 6) is 0.799. The van der Waals surface area contributed by atoms with E-state index in [-0.39, 0.29) is 11.7 Å². The van der Waals surface area contributed by atoms with Crippen LogP contribution in [0.3, 0.4) is 0 Å². The molecule has 1 atom stereocenters. The van der Waals surface area contributed by atoms with Gasteiger partial charge in [0.25, 0.3) is 0 Å². The zero-order valence-electron chi connectivity index (χ0n) is 16.7. The molecule has 6 heteroatoms. The van der Waals surface area contributed by atoms with Crippen LogP contribution >= 0.6 is 0 Å². The van der Waals surface area contributed by atoms with Crippen LogP contribution in [0.2, 0.25) is 0 Å². The second kappa shape index (κ2) is 21.6. The Kier molecular flexibility index (Phi) is 24.6. The van der Waals surface area contributed by atoms with Crippen molar-refractivity contribution in [3.63, 3.8) is 0 Å². The number of nitrogens with one attached hydrogen (secondary N) is 3. The van der Waals surface area contributed by atoms with E-state index in [4.69, 9.17) is 0 Å². The van der Waals surface area contributed by atoms with E-state index in [9.17, 15) is 14.4 Å². The molecule has 1 unspecified atom stereocenters. The van der Waals surface area contributed by atoms with E-state index in [1.807, 2.05) is 13.8 Å². The van der Waals surface area contributed by atoms with Gasteiger partial charge < -0.3 is 16.0 Å². The molecule has 0 rings (SSSR count). The van der Waals surface area contributed by atoms with Crippen molar-refractivity contribution in [2.75, 3.05) is 19.6 Å². The van der Waals surface area contributed by atoms with Crippen molar-refractivity contribution in [3.05, 3.63) is 0 Å². The van der Waals surface area contributed by atoms with E-state index >= 15 is 0 Å². The number of rotatable bonds is 11. The van der Waals surface area contributed by atoms with Crippen LogP contribution < -0.4 is 16.0 Å². The maximum atomic E-state index is 11.3. The van der Waals surface area contributed by atoms with Gasteiger partial charge in [0.2, 0.25) is 12.3 Å². The van der Waals surface area contributed by atoms with Gasteiger partial charge in [-0.2, -0.15) is 0 Å². The number of Topliss-reactive ketones (excluding diaryl/α,β-unsaturated/α-hetero) is 1. The first-order valence-electron chi connectivity index (χ1n) is 8.99. The first-order chi connectivity index (χ1) is 11.3. The summed E-state index contributed by atoms with van der Waals surface area (Å²) >= 11 is 0. The van der Waals surface area contributed by atoms with E-state index in [1.165, 1.54) is 6.92 Å². The highest BCUT2D eigenvalue weighted by Crippen LogP contribution is 1.96. The van der Waals surface area contributed by atoms with Gasteiger partial charge in [0, 0.05) is 32.0 Å². The Bertz CT molecular complexity index is 308. The van der Waals surface area contributed by atoms with Gasteiger partial charge in [-0.05, 0) is 32.7 Å². The predicted octanol–water partition coefficient (Wildman–Crippen LogP) is 2.27. The summed E-state index contributed by atoms with van der Waals surface area (Å²) in [4.78, 5) is 31.0. The summed E-state index contributed by atoms with van der Waals surface area (Å²) in [6, 6.07) is 0.435. The Labute approximate surface area is 148 Å². The monoisotopic (exact) mass is 345 g/mol. The molecule has 0 aromatic heterocycles. The van der Waals surface area contributed by atoms with Crippen molar-refractivity contribution in [1.82, 2.24) is 16.0 Å². The summed E-state index contributed by atoms with van der Waals surface area (Å²) in [6.45, 7) is 16.1. The van der Waals surface area contributed by atoms with Crippen molar-refractivity contribution in [2.45, 2.75) is 73.8 Å². The number of hydrogen-bond acceptors (Lipinski definition) is 4. The molecule has 0 saturated carbocycles. The molecule has 2 amide bonds. The minimum absolute atomic E-state index is 0.0966. The molecule has 0 radical (unpaired) electrons. The fraction of sp³-hybridized carbons (Fsp3) is 0.833. The largest absolute Gasteiger partial charge is 0.358 e. The number of carbonyl (C=O) groups excluding carboxylic acids is 3. The molecule has 0 heterocycles. The van der Waals surface area contributed by atoms with Crippen LogP contribution in [0.4, 0.5) is 0 Å². The molecule has 0 aliphatic heterocycles. The minimum atomic E-state index is 0.0966. The van der Waals surface area contributed by atoms with E-state index in [0.717, 1.165) is 19.5 Å². The van der Waals surface area contributed by atoms with Crippen molar-refractivity contribution < 1.29 is 14.4 Å². The first-order valence-corrected chi connectivity index (χ1v) is 8.99. The lowest BCUT2D eigenvalue weighted by atomic mass is 10.1. The van der Waals surface area contributed by atoms with Crippen molar-refractivity contribution in [1.29, 1.82) is 0 Å². The standard InChI is InChI=1S/C11H24N2O.C5H9NO2.C2H6/c1-5-12-10(4)6-7-11(14)13-8-9(2)3;1-5(8)2-3-6-4-7;1-2/h9-10,12H,5-8H2,1-4H3,(H,13,14);4H,2-3H2,1H3,(H,6,7);1-2H3. The van der Waals surface area contributed by atoms with Crippen LogP contribution in [0.25, 0.3) is 0 Å². The topological polar surface area (TPSA) is 87.3 Å². The van der Waals surface area contributed by atoms with Crippen LogP contribution in [0.15, 0.2) is 0 Å². The van der Waals surface area contributed by atoms with E-state index in [1.54, 1.807) is 0 Å². The maximum Gasteiger partial charge on any atom is 0.220 e. The molecule has 0 aromatic carbocycles. The summed E-state index contributed by atoms with van der Waals surface area (Å²) in [6.07, 6.45) is 2.56. The van der Waals surface area contributed by atoms with Crippen LogP contribution in [0.1, 0.15) is 67.7 Å². The quantitative estimate of drug-likeness (QED) is 0.396. The molecule has 6 nitrogen and oxygen atoms in total.